The van der Waals surface area contributed by atoms with Crippen LogP contribution in [0.4, 0.5) is 0 Å². The fourth-order valence-corrected chi connectivity index (χ4v) is 4.27. The molecule has 4 atom stereocenters. The van der Waals surface area contributed by atoms with Crippen molar-refractivity contribution in [1.82, 2.24) is 0 Å². The summed E-state index contributed by atoms with van der Waals surface area (Å²) in [6.45, 7) is 8.28. The van der Waals surface area contributed by atoms with Gasteiger partial charge in [-0.3, -0.25) is 4.79 Å². The van der Waals surface area contributed by atoms with Crippen molar-refractivity contribution in [3.05, 3.63) is 34.9 Å². The largest absolute Gasteiger partial charge is 0.453 e. The number of fused-ring (bicyclic) bond motifs is 1. The third kappa shape index (κ3) is 3.01. The van der Waals surface area contributed by atoms with Crippen LogP contribution in [0.15, 0.2) is 24.3 Å². The van der Waals surface area contributed by atoms with Gasteiger partial charge >= 0.3 is 5.97 Å². The van der Waals surface area contributed by atoms with E-state index in [-0.39, 0.29) is 23.6 Å². The van der Waals surface area contributed by atoms with Gasteiger partial charge in [-0.1, -0.05) is 44.5 Å². The van der Waals surface area contributed by atoms with Gasteiger partial charge in [0.15, 0.2) is 5.60 Å². The van der Waals surface area contributed by atoms with E-state index in [9.17, 15) is 4.79 Å². The fraction of sp³-hybridized carbons (Fsp3) is 0.632. The molecule has 0 bridgehead atoms. The molecule has 2 fully saturated rings. The Bertz CT molecular complexity index is 607. The molecular weight excluding hydrogens is 312 g/mol. The number of halogens is 1. The third-order valence-corrected chi connectivity index (χ3v) is 5.62. The lowest BCUT2D eigenvalue weighted by Gasteiger charge is -2.59. The number of esters is 1. The van der Waals surface area contributed by atoms with E-state index < -0.39 is 5.60 Å². The molecule has 2 aliphatic rings. The van der Waals surface area contributed by atoms with Gasteiger partial charge in [-0.05, 0) is 48.3 Å². The molecule has 3 rings (SSSR count). The highest BCUT2D eigenvalue weighted by molar-refractivity contribution is 6.30. The van der Waals surface area contributed by atoms with Crippen molar-refractivity contribution in [1.29, 1.82) is 0 Å². The first-order valence-corrected chi connectivity index (χ1v) is 8.71. The molecule has 0 N–H and O–H groups in total. The van der Waals surface area contributed by atoms with Crippen LogP contribution >= 0.6 is 11.6 Å². The molecule has 1 aromatic rings. The Kier molecular flexibility index (Phi) is 4.22. The summed E-state index contributed by atoms with van der Waals surface area (Å²) in [6, 6.07) is 7.66. The van der Waals surface area contributed by atoms with Gasteiger partial charge in [-0.25, -0.2) is 0 Å². The highest BCUT2D eigenvalue weighted by atomic mass is 35.5. The molecule has 3 nitrogen and oxygen atoms in total. The summed E-state index contributed by atoms with van der Waals surface area (Å²) < 4.78 is 12.0. The first kappa shape index (κ1) is 16.8. The van der Waals surface area contributed by atoms with E-state index >= 15 is 0 Å². The quantitative estimate of drug-likeness (QED) is 0.718. The van der Waals surface area contributed by atoms with Gasteiger partial charge in [-0.2, -0.15) is 0 Å². The van der Waals surface area contributed by atoms with Crippen LogP contribution in [0.2, 0.25) is 5.02 Å². The Morgan fingerprint density at radius 2 is 2.13 bits per heavy atom. The maximum atomic E-state index is 11.7. The van der Waals surface area contributed by atoms with Crippen LogP contribution in [0.25, 0.3) is 0 Å². The molecule has 126 valence electrons. The lowest BCUT2D eigenvalue weighted by Crippen LogP contribution is -2.65. The van der Waals surface area contributed by atoms with Crippen molar-refractivity contribution in [3.8, 4) is 0 Å². The van der Waals surface area contributed by atoms with Crippen LogP contribution in [0.1, 0.15) is 58.6 Å². The molecule has 0 unspecified atom stereocenters. The minimum Gasteiger partial charge on any atom is -0.453 e. The Labute approximate surface area is 143 Å². The van der Waals surface area contributed by atoms with Crippen molar-refractivity contribution < 1.29 is 14.3 Å². The average Bonchev–Trinajstić information content (AvgIpc) is 2.41. The van der Waals surface area contributed by atoms with E-state index in [2.05, 4.69) is 20.8 Å². The SMILES string of the molecule is CC(=O)O[C@]12CC[C@@H](C(C)(C)C)C[C@H]1O[C@@H]2c1cccc(Cl)c1. The van der Waals surface area contributed by atoms with Gasteiger partial charge in [0.25, 0.3) is 0 Å². The Balaban J connectivity index is 1.87. The minimum absolute atomic E-state index is 0.0200. The van der Waals surface area contributed by atoms with E-state index in [1.165, 1.54) is 6.92 Å². The van der Waals surface area contributed by atoms with E-state index in [1.807, 2.05) is 24.3 Å². The summed E-state index contributed by atoms with van der Waals surface area (Å²) >= 11 is 6.12. The maximum Gasteiger partial charge on any atom is 0.303 e. The molecule has 1 heterocycles. The maximum absolute atomic E-state index is 11.7. The van der Waals surface area contributed by atoms with Gasteiger partial charge < -0.3 is 9.47 Å². The normalized spacial score (nSPS) is 33.5. The summed E-state index contributed by atoms with van der Waals surface area (Å²) in [5.74, 6) is 0.344. The van der Waals surface area contributed by atoms with Crippen LogP contribution in [0.5, 0.6) is 0 Å². The molecule has 1 aromatic carbocycles. The van der Waals surface area contributed by atoms with E-state index in [0.29, 0.717) is 10.9 Å². The summed E-state index contributed by atoms with van der Waals surface area (Å²) in [5, 5.41) is 0.677. The minimum atomic E-state index is -0.529. The number of ether oxygens (including phenoxy) is 2. The molecular formula is C19H25ClO3. The molecule has 1 saturated heterocycles. The van der Waals surface area contributed by atoms with Crippen LogP contribution in [-0.4, -0.2) is 17.7 Å². The molecule has 0 amide bonds. The van der Waals surface area contributed by atoms with Gasteiger partial charge in [0.1, 0.15) is 12.2 Å². The zero-order chi connectivity index (χ0) is 16.8. The molecule has 0 aromatic heterocycles. The van der Waals surface area contributed by atoms with Crippen LogP contribution in [0, 0.1) is 11.3 Å². The number of carbonyl (C=O) groups is 1. The number of carbonyl (C=O) groups excluding carboxylic acids is 1. The van der Waals surface area contributed by atoms with Crippen molar-refractivity contribution >= 4 is 17.6 Å². The second-order valence-corrected chi connectivity index (χ2v) is 8.38. The molecule has 4 heteroatoms. The number of hydrogen-bond acceptors (Lipinski definition) is 3. The van der Waals surface area contributed by atoms with Crippen molar-refractivity contribution in [2.45, 2.75) is 64.8 Å². The highest BCUT2D eigenvalue weighted by Crippen LogP contribution is 2.57. The fourth-order valence-electron chi connectivity index (χ4n) is 4.07. The first-order valence-electron chi connectivity index (χ1n) is 8.33. The summed E-state index contributed by atoms with van der Waals surface area (Å²) in [7, 11) is 0. The van der Waals surface area contributed by atoms with Crippen molar-refractivity contribution in [2.75, 3.05) is 0 Å². The van der Waals surface area contributed by atoms with Crippen LogP contribution in [-0.2, 0) is 14.3 Å². The lowest BCUT2D eigenvalue weighted by molar-refractivity contribution is -0.321. The van der Waals surface area contributed by atoms with Gasteiger partial charge in [-0.15, -0.1) is 0 Å². The second kappa shape index (κ2) is 5.78. The van der Waals surface area contributed by atoms with Gasteiger partial charge in [0.05, 0.1) is 0 Å². The highest BCUT2D eigenvalue weighted by Gasteiger charge is 2.63. The smallest absolute Gasteiger partial charge is 0.303 e. The lowest BCUT2D eigenvalue weighted by atomic mass is 9.62. The predicted octanol–water partition coefficient (Wildman–Crippen LogP) is 4.93. The molecule has 1 aliphatic heterocycles. The van der Waals surface area contributed by atoms with E-state index in [4.69, 9.17) is 21.1 Å². The zero-order valence-electron chi connectivity index (χ0n) is 14.3. The predicted molar refractivity (Wildman–Crippen MR) is 90.4 cm³/mol. The standard InChI is InChI=1S/C19H25ClO3/c1-12(21)23-19-9-8-14(18(2,3)4)11-16(19)22-17(19)13-6-5-7-15(20)10-13/h5-7,10,14,16-17H,8-9,11H2,1-4H3/t14-,16-,17-,19-/m1/s1. The van der Waals surface area contributed by atoms with Crippen LogP contribution in [0.3, 0.4) is 0 Å². The Hall–Kier alpha value is -1.06. The topological polar surface area (TPSA) is 35.5 Å². The molecule has 0 spiro atoms. The van der Waals surface area contributed by atoms with Crippen molar-refractivity contribution in [3.63, 3.8) is 0 Å². The van der Waals surface area contributed by atoms with Gasteiger partial charge in [0, 0.05) is 11.9 Å². The van der Waals surface area contributed by atoms with Crippen LogP contribution < -0.4 is 0 Å². The molecule has 1 aliphatic carbocycles. The monoisotopic (exact) mass is 336 g/mol. The first-order chi connectivity index (χ1) is 10.7. The van der Waals surface area contributed by atoms with E-state index in [1.54, 1.807) is 0 Å². The average molecular weight is 337 g/mol. The summed E-state index contributed by atoms with van der Waals surface area (Å²) in [6.07, 6.45) is 2.60. The molecule has 23 heavy (non-hydrogen) atoms. The molecule has 1 saturated carbocycles. The number of hydrogen-bond donors (Lipinski definition) is 0. The van der Waals surface area contributed by atoms with Crippen molar-refractivity contribution in [2.24, 2.45) is 11.3 Å². The number of rotatable bonds is 2. The Morgan fingerprint density at radius 1 is 1.39 bits per heavy atom. The zero-order valence-corrected chi connectivity index (χ0v) is 15.0. The molecule has 0 radical (unpaired) electrons. The van der Waals surface area contributed by atoms with Gasteiger partial charge in [0.2, 0.25) is 0 Å². The second-order valence-electron chi connectivity index (χ2n) is 7.95. The summed E-state index contributed by atoms with van der Waals surface area (Å²) in [5.41, 5.74) is 0.703. The summed E-state index contributed by atoms with van der Waals surface area (Å²) in [4.78, 5) is 11.7. The third-order valence-electron chi connectivity index (χ3n) is 5.38. The van der Waals surface area contributed by atoms with E-state index in [0.717, 1.165) is 24.8 Å². The Morgan fingerprint density at radius 3 is 2.70 bits per heavy atom. The number of benzene rings is 1.